The number of carbonyl (C=O) groups excluding carboxylic acids is 1. The van der Waals surface area contributed by atoms with Crippen molar-refractivity contribution in [2.24, 2.45) is 0 Å². The molecule has 2 rings (SSSR count). The average molecular weight is 234 g/mol. The maximum atomic E-state index is 11.7. The summed E-state index contributed by atoms with van der Waals surface area (Å²) in [5.74, 6) is -0.249. The Morgan fingerprint density at radius 2 is 2.41 bits per heavy atom. The average Bonchev–Trinajstić information content (AvgIpc) is 2.67. The van der Waals surface area contributed by atoms with Gasteiger partial charge in [0.15, 0.2) is 5.65 Å². The Bertz CT molecular complexity index is 547. The van der Waals surface area contributed by atoms with Crippen LogP contribution in [-0.4, -0.2) is 38.8 Å². The monoisotopic (exact) mass is 234 g/mol. The van der Waals surface area contributed by atoms with E-state index < -0.39 is 6.10 Å². The van der Waals surface area contributed by atoms with Crippen LogP contribution in [0.4, 0.5) is 0 Å². The number of fused-ring (bicyclic) bond motifs is 1. The van der Waals surface area contributed by atoms with Crippen molar-refractivity contribution in [2.45, 2.75) is 20.0 Å². The molecule has 1 amide bonds. The number of aliphatic hydroxyl groups is 1. The van der Waals surface area contributed by atoms with Gasteiger partial charge in [-0.05, 0) is 19.9 Å². The van der Waals surface area contributed by atoms with E-state index in [0.717, 1.165) is 11.1 Å². The minimum atomic E-state index is -0.564. The molecule has 2 aromatic rings. The molecule has 0 radical (unpaired) electrons. The summed E-state index contributed by atoms with van der Waals surface area (Å²) in [5, 5.41) is 19.3. The van der Waals surface area contributed by atoms with Gasteiger partial charge in [0.1, 0.15) is 0 Å². The van der Waals surface area contributed by atoms with Gasteiger partial charge in [-0.1, -0.05) is 0 Å². The molecule has 0 bridgehead atoms. The number of aromatic nitrogens is 3. The first-order valence-electron chi connectivity index (χ1n) is 5.35. The van der Waals surface area contributed by atoms with Crippen LogP contribution in [0.2, 0.25) is 0 Å². The van der Waals surface area contributed by atoms with Gasteiger partial charge in [-0.15, -0.1) is 0 Å². The number of hydrogen-bond acceptors (Lipinski definition) is 4. The van der Waals surface area contributed by atoms with E-state index in [2.05, 4.69) is 20.5 Å². The lowest BCUT2D eigenvalue weighted by molar-refractivity contribution is 0.0924. The van der Waals surface area contributed by atoms with Crippen molar-refractivity contribution in [2.75, 3.05) is 6.54 Å². The first kappa shape index (κ1) is 11.5. The highest BCUT2D eigenvalue weighted by Crippen LogP contribution is 2.14. The second-order valence-corrected chi connectivity index (χ2v) is 4.00. The summed E-state index contributed by atoms with van der Waals surface area (Å²) in [6, 6.07) is 1.73. The number of H-pyrrole nitrogens is 1. The van der Waals surface area contributed by atoms with Crippen molar-refractivity contribution < 1.29 is 9.90 Å². The summed E-state index contributed by atoms with van der Waals surface area (Å²) in [6.07, 6.45) is 0.909. The lowest BCUT2D eigenvalue weighted by atomic mass is 10.2. The standard InChI is InChI=1S/C11H14N4O2/c1-6(16)4-13-11(17)8-3-9-7(2)14-15-10(9)12-5-8/h3,5-6,16H,4H2,1-2H3,(H,13,17)(H,12,14,15). The Morgan fingerprint density at radius 3 is 3.12 bits per heavy atom. The summed E-state index contributed by atoms with van der Waals surface area (Å²) >= 11 is 0. The molecular weight excluding hydrogens is 220 g/mol. The van der Waals surface area contributed by atoms with E-state index in [-0.39, 0.29) is 12.5 Å². The molecule has 0 aliphatic rings. The fraction of sp³-hybridized carbons (Fsp3) is 0.364. The maximum absolute atomic E-state index is 11.7. The molecule has 17 heavy (non-hydrogen) atoms. The molecule has 0 spiro atoms. The molecule has 0 saturated carbocycles. The summed E-state index contributed by atoms with van der Waals surface area (Å²) in [7, 11) is 0. The van der Waals surface area contributed by atoms with Crippen LogP contribution in [0.1, 0.15) is 23.0 Å². The van der Waals surface area contributed by atoms with Crippen LogP contribution in [0.15, 0.2) is 12.3 Å². The van der Waals surface area contributed by atoms with Crippen LogP contribution in [0.5, 0.6) is 0 Å². The molecule has 1 unspecified atom stereocenters. The number of aromatic amines is 1. The fourth-order valence-corrected chi connectivity index (χ4v) is 1.49. The summed E-state index contributed by atoms with van der Waals surface area (Å²) in [6.45, 7) is 3.71. The molecule has 0 aromatic carbocycles. The molecule has 0 saturated heterocycles. The minimum absolute atomic E-state index is 0.223. The molecular formula is C11H14N4O2. The smallest absolute Gasteiger partial charge is 0.252 e. The molecule has 3 N–H and O–H groups in total. The van der Waals surface area contributed by atoms with Gasteiger partial charge >= 0.3 is 0 Å². The molecule has 6 heteroatoms. The van der Waals surface area contributed by atoms with Gasteiger partial charge in [0.05, 0.1) is 11.7 Å². The van der Waals surface area contributed by atoms with Gasteiger partial charge in [-0.2, -0.15) is 5.10 Å². The van der Waals surface area contributed by atoms with Gasteiger partial charge in [-0.3, -0.25) is 9.89 Å². The Labute approximate surface area is 98.1 Å². The maximum Gasteiger partial charge on any atom is 0.252 e. The van der Waals surface area contributed by atoms with E-state index in [0.29, 0.717) is 11.2 Å². The van der Waals surface area contributed by atoms with E-state index in [1.54, 1.807) is 13.0 Å². The number of aliphatic hydroxyl groups excluding tert-OH is 1. The van der Waals surface area contributed by atoms with Crippen LogP contribution in [0, 0.1) is 6.92 Å². The SMILES string of the molecule is Cc1[nH]nc2ncc(C(=O)NCC(C)O)cc12. The number of nitrogens with one attached hydrogen (secondary N) is 2. The van der Waals surface area contributed by atoms with E-state index >= 15 is 0 Å². The number of carbonyl (C=O) groups is 1. The Morgan fingerprint density at radius 1 is 1.65 bits per heavy atom. The summed E-state index contributed by atoms with van der Waals surface area (Å²) < 4.78 is 0. The third-order valence-corrected chi connectivity index (χ3v) is 2.42. The first-order chi connectivity index (χ1) is 8.08. The van der Waals surface area contributed by atoms with Gasteiger partial charge in [0.25, 0.3) is 5.91 Å². The van der Waals surface area contributed by atoms with Crippen molar-refractivity contribution in [1.82, 2.24) is 20.5 Å². The number of pyridine rings is 1. The van der Waals surface area contributed by atoms with Gasteiger partial charge in [-0.25, -0.2) is 4.98 Å². The van der Waals surface area contributed by atoms with Crippen molar-refractivity contribution in [1.29, 1.82) is 0 Å². The minimum Gasteiger partial charge on any atom is -0.392 e. The predicted molar refractivity (Wildman–Crippen MR) is 62.6 cm³/mol. The van der Waals surface area contributed by atoms with Crippen molar-refractivity contribution in [3.05, 3.63) is 23.5 Å². The van der Waals surface area contributed by atoms with E-state index in [9.17, 15) is 4.79 Å². The number of aryl methyl sites for hydroxylation is 1. The van der Waals surface area contributed by atoms with Crippen LogP contribution >= 0.6 is 0 Å². The molecule has 2 heterocycles. The number of amides is 1. The third-order valence-electron chi connectivity index (χ3n) is 2.42. The summed E-state index contributed by atoms with van der Waals surface area (Å²) in [5.41, 5.74) is 1.93. The Kier molecular flexibility index (Phi) is 3.06. The molecule has 1 atom stereocenters. The zero-order valence-electron chi connectivity index (χ0n) is 9.69. The zero-order chi connectivity index (χ0) is 12.4. The highest BCUT2D eigenvalue weighted by Gasteiger charge is 2.10. The second-order valence-electron chi connectivity index (χ2n) is 4.00. The lowest BCUT2D eigenvalue weighted by Crippen LogP contribution is -2.30. The van der Waals surface area contributed by atoms with Gasteiger partial charge < -0.3 is 10.4 Å². The van der Waals surface area contributed by atoms with Crippen molar-refractivity contribution in [3.8, 4) is 0 Å². The van der Waals surface area contributed by atoms with Crippen molar-refractivity contribution in [3.63, 3.8) is 0 Å². The van der Waals surface area contributed by atoms with Crippen LogP contribution in [0.25, 0.3) is 11.0 Å². The predicted octanol–water partition coefficient (Wildman–Crippen LogP) is 0.377. The molecule has 0 fully saturated rings. The lowest BCUT2D eigenvalue weighted by Gasteiger charge is -2.06. The number of nitrogens with zero attached hydrogens (tertiary/aromatic N) is 2. The highest BCUT2D eigenvalue weighted by atomic mass is 16.3. The molecule has 0 aliphatic heterocycles. The fourth-order valence-electron chi connectivity index (χ4n) is 1.49. The molecule has 6 nitrogen and oxygen atoms in total. The summed E-state index contributed by atoms with van der Waals surface area (Å²) in [4.78, 5) is 15.8. The topological polar surface area (TPSA) is 90.9 Å². The van der Waals surface area contributed by atoms with Gasteiger partial charge in [0.2, 0.25) is 0 Å². The Hall–Kier alpha value is -1.95. The number of rotatable bonds is 3. The number of hydrogen-bond donors (Lipinski definition) is 3. The third kappa shape index (κ3) is 2.42. The zero-order valence-corrected chi connectivity index (χ0v) is 9.69. The normalized spacial score (nSPS) is 12.6. The van der Waals surface area contributed by atoms with Crippen LogP contribution < -0.4 is 5.32 Å². The molecule has 0 aliphatic carbocycles. The van der Waals surface area contributed by atoms with Gasteiger partial charge in [0, 0.05) is 23.8 Å². The largest absolute Gasteiger partial charge is 0.392 e. The quantitative estimate of drug-likeness (QED) is 0.716. The molecule has 90 valence electrons. The highest BCUT2D eigenvalue weighted by molar-refractivity contribution is 5.97. The first-order valence-corrected chi connectivity index (χ1v) is 5.35. The molecule has 2 aromatic heterocycles. The van der Waals surface area contributed by atoms with E-state index in [4.69, 9.17) is 5.11 Å². The Balaban J connectivity index is 2.23. The van der Waals surface area contributed by atoms with E-state index in [1.807, 2.05) is 6.92 Å². The van der Waals surface area contributed by atoms with Crippen LogP contribution in [-0.2, 0) is 0 Å². The van der Waals surface area contributed by atoms with Crippen LogP contribution in [0.3, 0.4) is 0 Å². The second kappa shape index (κ2) is 4.50. The van der Waals surface area contributed by atoms with E-state index in [1.165, 1.54) is 6.20 Å². The van der Waals surface area contributed by atoms with Crippen molar-refractivity contribution >= 4 is 16.9 Å².